The van der Waals surface area contributed by atoms with Crippen molar-refractivity contribution in [3.05, 3.63) is 34.5 Å². The molecule has 38 heavy (non-hydrogen) atoms. The maximum absolute atomic E-state index is 13.9. The van der Waals surface area contributed by atoms with Gasteiger partial charge in [-0.25, -0.2) is 14.8 Å². The number of carboxylic acid groups (broad SMARTS) is 1. The molecule has 0 amide bonds. The van der Waals surface area contributed by atoms with Gasteiger partial charge in [0.1, 0.15) is 5.76 Å². The molecule has 4 heterocycles. The van der Waals surface area contributed by atoms with E-state index in [2.05, 4.69) is 20.0 Å². The van der Waals surface area contributed by atoms with Crippen molar-refractivity contribution in [1.29, 1.82) is 0 Å². The summed E-state index contributed by atoms with van der Waals surface area (Å²) in [6.07, 6.45) is 2.87. The lowest BCUT2D eigenvalue weighted by atomic mass is 9.76. The van der Waals surface area contributed by atoms with E-state index in [0.717, 1.165) is 50.5 Å². The second-order valence-corrected chi connectivity index (χ2v) is 11.4. The molecule has 0 aromatic carbocycles. The summed E-state index contributed by atoms with van der Waals surface area (Å²) in [5, 5.41) is 13.6. The number of aryl methyl sites for hydroxylation is 1. The molecule has 4 aliphatic rings. The van der Waals surface area contributed by atoms with Crippen LogP contribution in [0.5, 0.6) is 0 Å². The molecule has 2 bridgehead atoms. The maximum Gasteiger partial charge on any atom is 0.392 e. The highest BCUT2D eigenvalue weighted by molar-refractivity contribution is 5.85. The lowest BCUT2D eigenvalue weighted by Gasteiger charge is -2.39. The summed E-state index contributed by atoms with van der Waals surface area (Å²) in [6.45, 7) is 1.97. The number of fused-ring (bicyclic) bond motifs is 2. The van der Waals surface area contributed by atoms with Gasteiger partial charge in [0, 0.05) is 35.2 Å². The molecule has 2 saturated carbocycles. The fourth-order valence-corrected chi connectivity index (χ4v) is 6.86. The SMILES string of the molecule is Cc1cc(C(=O)O)nc(N2C3CCC2CC(OCc2c([C@H]4CCCC[C@@H]4C(F)(F)F)noc2C2CC2)C3)n1. The van der Waals surface area contributed by atoms with Crippen molar-refractivity contribution < 1.29 is 32.3 Å². The van der Waals surface area contributed by atoms with Crippen molar-refractivity contribution in [3.8, 4) is 0 Å². The van der Waals surface area contributed by atoms with E-state index in [-0.39, 0.29) is 42.8 Å². The van der Waals surface area contributed by atoms with Gasteiger partial charge in [-0.3, -0.25) is 0 Å². The Bertz CT molecular complexity index is 1180. The minimum atomic E-state index is -4.26. The molecular formula is C27H33F3N4O4. The molecular weight excluding hydrogens is 501 g/mol. The Morgan fingerprint density at radius 1 is 1.11 bits per heavy atom. The van der Waals surface area contributed by atoms with Crippen LogP contribution in [0.1, 0.15) is 109 Å². The average Bonchev–Trinajstić information content (AvgIpc) is 3.57. The third-order valence-corrected chi connectivity index (χ3v) is 8.78. The maximum atomic E-state index is 13.9. The predicted octanol–water partition coefficient (Wildman–Crippen LogP) is 5.90. The number of piperidine rings is 1. The molecule has 4 fully saturated rings. The van der Waals surface area contributed by atoms with Crippen LogP contribution in [0.4, 0.5) is 19.1 Å². The molecule has 0 radical (unpaired) electrons. The van der Waals surface area contributed by atoms with Gasteiger partial charge >= 0.3 is 12.1 Å². The molecule has 11 heteroatoms. The molecule has 2 saturated heterocycles. The van der Waals surface area contributed by atoms with Gasteiger partial charge in [-0.1, -0.05) is 18.0 Å². The van der Waals surface area contributed by atoms with Gasteiger partial charge < -0.3 is 19.3 Å². The van der Waals surface area contributed by atoms with Gasteiger partial charge in [-0.15, -0.1) is 0 Å². The van der Waals surface area contributed by atoms with Crippen LogP contribution in [0, 0.1) is 12.8 Å². The van der Waals surface area contributed by atoms with E-state index in [0.29, 0.717) is 35.9 Å². The number of carbonyl (C=O) groups is 1. The van der Waals surface area contributed by atoms with E-state index in [1.54, 1.807) is 6.92 Å². The summed E-state index contributed by atoms with van der Waals surface area (Å²) >= 11 is 0. The number of anilines is 1. The molecule has 2 aromatic rings. The van der Waals surface area contributed by atoms with Gasteiger partial charge in [0.05, 0.1) is 24.3 Å². The zero-order chi connectivity index (χ0) is 26.6. The third-order valence-electron chi connectivity index (χ3n) is 8.78. The largest absolute Gasteiger partial charge is 0.477 e. The van der Waals surface area contributed by atoms with Crippen molar-refractivity contribution in [2.45, 2.75) is 114 Å². The first-order chi connectivity index (χ1) is 18.2. The Morgan fingerprint density at radius 3 is 2.47 bits per heavy atom. The second kappa shape index (κ2) is 9.81. The molecule has 0 spiro atoms. The Hall–Kier alpha value is -2.69. The fraction of sp³-hybridized carbons (Fsp3) is 0.704. The standard InChI is InChI=1S/C27H33F3N4O4/c1-14-10-22(25(35)36)32-26(31-14)34-16-8-9-17(34)12-18(11-16)37-13-20-23(33-38-24(20)15-6-7-15)19-4-2-3-5-21(19)27(28,29)30/h10,15-19,21H,2-9,11-13H2,1H3,(H,35,36)/t16?,17?,18?,19-,21-/m0/s1. The number of hydrogen-bond acceptors (Lipinski definition) is 7. The van der Waals surface area contributed by atoms with E-state index >= 15 is 0 Å². The topological polar surface area (TPSA) is 102 Å². The minimum absolute atomic E-state index is 0.0160. The first kappa shape index (κ1) is 25.6. The first-order valence-electron chi connectivity index (χ1n) is 13.7. The number of alkyl halides is 3. The molecule has 6 rings (SSSR count). The van der Waals surface area contributed by atoms with Crippen LogP contribution in [-0.2, 0) is 11.3 Å². The van der Waals surface area contributed by atoms with Crippen LogP contribution >= 0.6 is 0 Å². The van der Waals surface area contributed by atoms with Crippen LogP contribution in [0.3, 0.4) is 0 Å². The van der Waals surface area contributed by atoms with Gasteiger partial charge in [0.25, 0.3) is 0 Å². The Balaban J connectivity index is 1.19. The summed E-state index contributed by atoms with van der Waals surface area (Å²) in [7, 11) is 0. The number of rotatable bonds is 7. The molecule has 2 aliphatic heterocycles. The first-order valence-corrected chi connectivity index (χ1v) is 13.7. The van der Waals surface area contributed by atoms with Crippen molar-refractivity contribution in [1.82, 2.24) is 15.1 Å². The number of aromatic nitrogens is 3. The molecule has 4 atom stereocenters. The quantitative estimate of drug-likeness (QED) is 0.469. The Morgan fingerprint density at radius 2 is 1.82 bits per heavy atom. The zero-order valence-corrected chi connectivity index (χ0v) is 21.4. The predicted molar refractivity (Wildman–Crippen MR) is 130 cm³/mol. The van der Waals surface area contributed by atoms with Gasteiger partial charge in [-0.2, -0.15) is 13.2 Å². The normalized spacial score (nSPS) is 29.6. The Kier molecular flexibility index (Phi) is 6.60. The molecule has 2 aliphatic carbocycles. The molecule has 1 N–H and O–H groups in total. The van der Waals surface area contributed by atoms with Crippen molar-refractivity contribution in [2.24, 2.45) is 5.92 Å². The highest BCUT2D eigenvalue weighted by Gasteiger charge is 2.49. The summed E-state index contributed by atoms with van der Waals surface area (Å²) in [5.41, 5.74) is 1.77. The number of ether oxygens (including phenoxy) is 1. The second-order valence-electron chi connectivity index (χ2n) is 11.4. The molecule has 206 valence electrons. The van der Waals surface area contributed by atoms with E-state index in [1.807, 2.05) is 0 Å². The van der Waals surface area contributed by atoms with E-state index in [1.165, 1.54) is 6.07 Å². The van der Waals surface area contributed by atoms with Crippen molar-refractivity contribution in [3.63, 3.8) is 0 Å². The number of aromatic carboxylic acids is 1. The van der Waals surface area contributed by atoms with Crippen LogP contribution in [0.15, 0.2) is 10.6 Å². The van der Waals surface area contributed by atoms with Gasteiger partial charge in [-0.05, 0) is 64.4 Å². The highest BCUT2D eigenvalue weighted by Crippen LogP contribution is 2.50. The fourth-order valence-electron chi connectivity index (χ4n) is 6.86. The van der Waals surface area contributed by atoms with Crippen molar-refractivity contribution >= 4 is 11.9 Å². The monoisotopic (exact) mass is 534 g/mol. The molecule has 8 nitrogen and oxygen atoms in total. The van der Waals surface area contributed by atoms with Gasteiger partial charge in [0.2, 0.25) is 5.95 Å². The number of carboxylic acids is 1. The van der Waals surface area contributed by atoms with E-state index in [9.17, 15) is 23.1 Å². The van der Waals surface area contributed by atoms with E-state index < -0.39 is 24.0 Å². The zero-order valence-electron chi connectivity index (χ0n) is 21.4. The number of nitrogens with zero attached hydrogens (tertiary/aromatic N) is 4. The molecule has 2 aromatic heterocycles. The minimum Gasteiger partial charge on any atom is -0.477 e. The number of hydrogen-bond donors (Lipinski definition) is 1. The summed E-state index contributed by atoms with van der Waals surface area (Å²) in [6, 6.07) is 1.72. The summed E-state index contributed by atoms with van der Waals surface area (Å²) in [4.78, 5) is 22.5. The number of halogens is 3. The summed E-state index contributed by atoms with van der Waals surface area (Å²) in [5.74, 6) is -1.77. The third kappa shape index (κ3) is 4.89. The van der Waals surface area contributed by atoms with Crippen LogP contribution < -0.4 is 4.90 Å². The molecule has 2 unspecified atom stereocenters. The lowest BCUT2D eigenvalue weighted by molar-refractivity contribution is -0.187. The Labute approximate surface area is 218 Å². The summed E-state index contributed by atoms with van der Waals surface area (Å²) < 4.78 is 53.8. The lowest BCUT2D eigenvalue weighted by Crippen LogP contribution is -2.46. The van der Waals surface area contributed by atoms with E-state index in [4.69, 9.17) is 9.26 Å². The average molecular weight is 535 g/mol. The van der Waals surface area contributed by atoms with Crippen LogP contribution in [0.2, 0.25) is 0 Å². The van der Waals surface area contributed by atoms with Crippen LogP contribution in [-0.4, -0.2) is 50.6 Å². The highest BCUT2D eigenvalue weighted by atomic mass is 19.4. The smallest absolute Gasteiger partial charge is 0.392 e. The van der Waals surface area contributed by atoms with Gasteiger partial charge in [0.15, 0.2) is 5.69 Å². The van der Waals surface area contributed by atoms with Crippen LogP contribution in [0.25, 0.3) is 0 Å². The van der Waals surface area contributed by atoms with Crippen molar-refractivity contribution in [2.75, 3.05) is 4.90 Å².